The number of carboxylic acid groups (broad SMARTS) is 1. The molecule has 1 aliphatic heterocycles. The second-order valence-corrected chi connectivity index (χ2v) is 5.66. The Morgan fingerprint density at radius 3 is 2.68 bits per heavy atom. The molecular weight excluding hydrogens is 308 g/mol. The minimum absolute atomic E-state index is 0.266. The zero-order chi connectivity index (χ0) is 13.8. The minimum atomic E-state index is -0.710. The van der Waals surface area contributed by atoms with Crippen molar-refractivity contribution in [2.45, 2.75) is 19.3 Å². The summed E-state index contributed by atoms with van der Waals surface area (Å²) >= 11 is 3.49. The Hall–Kier alpha value is -1.54. The van der Waals surface area contributed by atoms with E-state index in [4.69, 9.17) is 10.4 Å². The first kappa shape index (κ1) is 13.9. The molecule has 1 fully saturated rings. The van der Waals surface area contributed by atoms with Gasteiger partial charge >= 0.3 is 5.97 Å². The van der Waals surface area contributed by atoms with Gasteiger partial charge in [0.05, 0.1) is 17.3 Å². The highest BCUT2D eigenvalue weighted by Gasteiger charge is 2.22. The molecule has 0 saturated carbocycles. The molecule has 0 bridgehead atoms. The molecular formula is C14H15BrN2O2. The molecule has 1 heterocycles. The van der Waals surface area contributed by atoms with Crippen molar-refractivity contribution in [3.8, 4) is 6.07 Å². The predicted molar refractivity (Wildman–Crippen MR) is 76.0 cm³/mol. The van der Waals surface area contributed by atoms with E-state index in [0.717, 1.165) is 36.1 Å². The van der Waals surface area contributed by atoms with E-state index < -0.39 is 5.97 Å². The van der Waals surface area contributed by atoms with Crippen LogP contribution in [0.4, 0.5) is 5.69 Å². The van der Waals surface area contributed by atoms with E-state index >= 15 is 0 Å². The third-order valence-electron chi connectivity index (χ3n) is 3.50. The number of hydrogen-bond donors (Lipinski definition) is 1. The number of halogens is 1. The average molecular weight is 323 g/mol. The molecule has 0 unspecified atom stereocenters. The molecule has 1 aliphatic rings. The molecule has 0 aromatic heterocycles. The maximum absolute atomic E-state index is 10.7. The number of carbonyl (C=O) groups is 1. The Bertz CT molecular complexity index is 517. The molecule has 4 nitrogen and oxygen atoms in total. The molecule has 19 heavy (non-hydrogen) atoms. The van der Waals surface area contributed by atoms with Crippen LogP contribution in [0.25, 0.3) is 0 Å². The number of benzene rings is 1. The Morgan fingerprint density at radius 2 is 2.16 bits per heavy atom. The quantitative estimate of drug-likeness (QED) is 0.929. The van der Waals surface area contributed by atoms with Crippen molar-refractivity contribution in [3.63, 3.8) is 0 Å². The van der Waals surface area contributed by atoms with Crippen molar-refractivity contribution in [1.29, 1.82) is 5.26 Å². The van der Waals surface area contributed by atoms with E-state index in [0.29, 0.717) is 5.56 Å². The first-order chi connectivity index (χ1) is 9.10. The maximum Gasteiger partial charge on any atom is 0.303 e. The summed E-state index contributed by atoms with van der Waals surface area (Å²) in [5, 5.41) is 17.6. The SMILES string of the molecule is N#Cc1ccc(N2CCC(CC(=O)O)CC2)c(Br)c1. The van der Waals surface area contributed by atoms with Crippen LogP contribution < -0.4 is 4.90 Å². The van der Waals surface area contributed by atoms with E-state index in [1.54, 1.807) is 0 Å². The molecule has 100 valence electrons. The molecule has 1 N–H and O–H groups in total. The first-order valence-electron chi connectivity index (χ1n) is 6.26. The van der Waals surface area contributed by atoms with Crippen LogP contribution in [0.2, 0.25) is 0 Å². The third-order valence-corrected chi connectivity index (χ3v) is 4.13. The van der Waals surface area contributed by atoms with Gasteiger partial charge in [-0.05, 0) is 52.9 Å². The van der Waals surface area contributed by atoms with Gasteiger partial charge in [0.2, 0.25) is 0 Å². The lowest BCUT2D eigenvalue weighted by Gasteiger charge is -2.33. The van der Waals surface area contributed by atoms with Crippen molar-refractivity contribution >= 4 is 27.6 Å². The Balaban J connectivity index is 2.02. The lowest BCUT2D eigenvalue weighted by molar-refractivity contribution is -0.138. The lowest BCUT2D eigenvalue weighted by atomic mass is 9.93. The van der Waals surface area contributed by atoms with Gasteiger partial charge in [0.25, 0.3) is 0 Å². The lowest BCUT2D eigenvalue weighted by Crippen LogP contribution is -2.34. The van der Waals surface area contributed by atoms with Crippen molar-refractivity contribution in [2.24, 2.45) is 5.92 Å². The van der Waals surface area contributed by atoms with Crippen LogP contribution in [0.5, 0.6) is 0 Å². The van der Waals surface area contributed by atoms with Gasteiger partial charge in [-0.1, -0.05) is 0 Å². The predicted octanol–water partition coefficient (Wildman–Crippen LogP) is 3.01. The molecule has 1 saturated heterocycles. The molecule has 0 radical (unpaired) electrons. The van der Waals surface area contributed by atoms with Gasteiger partial charge < -0.3 is 10.0 Å². The Kier molecular flexibility index (Phi) is 4.43. The minimum Gasteiger partial charge on any atom is -0.481 e. The van der Waals surface area contributed by atoms with Crippen LogP contribution in [-0.2, 0) is 4.79 Å². The number of piperidine rings is 1. The smallest absolute Gasteiger partial charge is 0.303 e. The summed E-state index contributed by atoms with van der Waals surface area (Å²) in [4.78, 5) is 12.9. The van der Waals surface area contributed by atoms with Crippen molar-refractivity contribution in [1.82, 2.24) is 0 Å². The fraction of sp³-hybridized carbons (Fsp3) is 0.429. The standard InChI is InChI=1S/C14H15BrN2O2/c15-12-7-11(9-16)1-2-13(12)17-5-3-10(4-6-17)8-14(18)19/h1-2,7,10H,3-6,8H2,(H,18,19). The second-order valence-electron chi connectivity index (χ2n) is 4.81. The van der Waals surface area contributed by atoms with Crippen LogP contribution in [0.3, 0.4) is 0 Å². The summed E-state index contributed by atoms with van der Waals surface area (Å²) in [6.45, 7) is 1.73. The first-order valence-corrected chi connectivity index (χ1v) is 7.06. The average Bonchev–Trinajstić information content (AvgIpc) is 2.39. The highest BCUT2D eigenvalue weighted by molar-refractivity contribution is 9.10. The zero-order valence-electron chi connectivity index (χ0n) is 10.5. The normalized spacial score (nSPS) is 16.1. The summed E-state index contributed by atoms with van der Waals surface area (Å²) < 4.78 is 0.920. The second kappa shape index (κ2) is 6.07. The Morgan fingerprint density at radius 1 is 1.47 bits per heavy atom. The summed E-state index contributed by atoms with van der Waals surface area (Å²) in [5.74, 6) is -0.427. The van der Waals surface area contributed by atoms with E-state index in [2.05, 4.69) is 26.9 Å². The molecule has 0 aliphatic carbocycles. The number of hydrogen-bond acceptors (Lipinski definition) is 3. The highest BCUT2D eigenvalue weighted by atomic mass is 79.9. The van der Waals surface area contributed by atoms with Gasteiger partial charge in [0.1, 0.15) is 0 Å². The van der Waals surface area contributed by atoms with Gasteiger partial charge in [-0.15, -0.1) is 0 Å². The molecule has 1 aromatic rings. The van der Waals surface area contributed by atoms with Gasteiger partial charge in [-0.2, -0.15) is 5.26 Å². The number of carboxylic acids is 1. The summed E-state index contributed by atoms with van der Waals surface area (Å²) in [6, 6.07) is 7.68. The van der Waals surface area contributed by atoms with E-state index in [-0.39, 0.29) is 12.3 Å². The van der Waals surface area contributed by atoms with Crippen molar-refractivity contribution in [2.75, 3.05) is 18.0 Å². The largest absolute Gasteiger partial charge is 0.481 e. The van der Waals surface area contributed by atoms with Gasteiger partial charge in [0, 0.05) is 24.0 Å². The molecule has 2 rings (SSSR count). The zero-order valence-corrected chi connectivity index (χ0v) is 12.1. The van der Waals surface area contributed by atoms with Crippen LogP contribution in [0, 0.1) is 17.2 Å². The van der Waals surface area contributed by atoms with E-state index in [9.17, 15) is 4.79 Å². The molecule has 0 atom stereocenters. The number of aliphatic carboxylic acids is 1. The van der Waals surface area contributed by atoms with Crippen LogP contribution in [-0.4, -0.2) is 24.2 Å². The van der Waals surface area contributed by atoms with Gasteiger partial charge in [-0.25, -0.2) is 0 Å². The maximum atomic E-state index is 10.7. The van der Waals surface area contributed by atoms with Gasteiger partial charge in [0.15, 0.2) is 0 Å². The molecule has 0 spiro atoms. The van der Waals surface area contributed by atoms with E-state index in [1.807, 2.05) is 18.2 Å². The third kappa shape index (κ3) is 3.48. The van der Waals surface area contributed by atoms with Gasteiger partial charge in [-0.3, -0.25) is 4.79 Å². The molecule has 1 aromatic carbocycles. The van der Waals surface area contributed by atoms with E-state index in [1.165, 1.54) is 0 Å². The number of rotatable bonds is 3. The topological polar surface area (TPSA) is 64.3 Å². The number of nitriles is 1. The Labute approximate surface area is 120 Å². The number of nitrogens with zero attached hydrogens (tertiary/aromatic N) is 2. The monoisotopic (exact) mass is 322 g/mol. The van der Waals surface area contributed by atoms with Crippen molar-refractivity contribution in [3.05, 3.63) is 28.2 Å². The van der Waals surface area contributed by atoms with Crippen LogP contribution >= 0.6 is 15.9 Å². The molecule has 5 heteroatoms. The van der Waals surface area contributed by atoms with Crippen LogP contribution in [0.1, 0.15) is 24.8 Å². The summed E-state index contributed by atoms with van der Waals surface area (Å²) in [7, 11) is 0. The van der Waals surface area contributed by atoms with Crippen molar-refractivity contribution < 1.29 is 9.90 Å². The highest BCUT2D eigenvalue weighted by Crippen LogP contribution is 2.31. The fourth-order valence-electron chi connectivity index (χ4n) is 2.46. The summed E-state index contributed by atoms with van der Waals surface area (Å²) in [6.07, 6.45) is 2.07. The summed E-state index contributed by atoms with van der Waals surface area (Å²) in [5.41, 5.74) is 1.71. The molecule has 0 amide bonds. The van der Waals surface area contributed by atoms with Crippen LogP contribution in [0.15, 0.2) is 22.7 Å². The number of anilines is 1. The fourth-order valence-corrected chi connectivity index (χ4v) is 3.09.